The fourth-order valence-corrected chi connectivity index (χ4v) is 2.51. The molecule has 6 nitrogen and oxygen atoms in total. The van der Waals surface area contributed by atoms with E-state index in [1.165, 1.54) is 6.07 Å². The van der Waals surface area contributed by atoms with E-state index in [9.17, 15) is 10.1 Å². The Bertz CT molecular complexity index is 703. The Morgan fingerprint density at radius 1 is 1.09 bits per heavy atom. The van der Waals surface area contributed by atoms with Gasteiger partial charge < -0.3 is 14.8 Å². The second-order valence-corrected chi connectivity index (χ2v) is 5.33. The van der Waals surface area contributed by atoms with Gasteiger partial charge in [-0.05, 0) is 11.6 Å². The van der Waals surface area contributed by atoms with E-state index in [1.54, 1.807) is 12.1 Å². The van der Waals surface area contributed by atoms with Crippen LogP contribution in [0.3, 0.4) is 0 Å². The van der Waals surface area contributed by atoms with Gasteiger partial charge in [-0.2, -0.15) is 0 Å². The number of fused-ring (bicyclic) bond motifs is 1. The summed E-state index contributed by atoms with van der Waals surface area (Å²) in [6.07, 6.45) is 0.870. The highest BCUT2D eigenvalue weighted by atomic mass is 16.6. The van der Waals surface area contributed by atoms with Gasteiger partial charge in [0.25, 0.3) is 5.69 Å². The fourth-order valence-electron chi connectivity index (χ4n) is 2.51. The van der Waals surface area contributed by atoms with Gasteiger partial charge >= 0.3 is 0 Å². The van der Waals surface area contributed by atoms with E-state index in [0.717, 1.165) is 29.0 Å². The molecular formula is C17H18N2O4. The summed E-state index contributed by atoms with van der Waals surface area (Å²) < 4.78 is 11.4. The van der Waals surface area contributed by atoms with Crippen molar-refractivity contribution in [2.75, 3.05) is 13.2 Å². The van der Waals surface area contributed by atoms with Crippen molar-refractivity contribution in [3.8, 4) is 11.5 Å². The van der Waals surface area contributed by atoms with Crippen molar-refractivity contribution in [1.82, 2.24) is 5.32 Å². The second kappa shape index (κ2) is 7.11. The summed E-state index contributed by atoms with van der Waals surface area (Å²) in [5.41, 5.74) is 2.00. The number of hydrogen-bond acceptors (Lipinski definition) is 5. The molecule has 0 saturated carbocycles. The van der Waals surface area contributed by atoms with Gasteiger partial charge in [0, 0.05) is 37.2 Å². The predicted molar refractivity (Wildman–Crippen MR) is 85.7 cm³/mol. The summed E-state index contributed by atoms with van der Waals surface area (Å²) in [7, 11) is 0. The van der Waals surface area contributed by atoms with E-state index in [4.69, 9.17) is 9.47 Å². The van der Waals surface area contributed by atoms with E-state index in [2.05, 4.69) is 5.32 Å². The summed E-state index contributed by atoms with van der Waals surface area (Å²) in [4.78, 5) is 10.4. The van der Waals surface area contributed by atoms with Crippen LogP contribution < -0.4 is 14.8 Å². The van der Waals surface area contributed by atoms with Gasteiger partial charge in [0.15, 0.2) is 11.5 Å². The lowest BCUT2D eigenvalue weighted by Crippen LogP contribution is -2.13. The maximum atomic E-state index is 10.8. The topological polar surface area (TPSA) is 73.6 Å². The Morgan fingerprint density at radius 2 is 1.91 bits per heavy atom. The molecule has 0 unspecified atom stereocenters. The molecule has 1 aliphatic heterocycles. The molecule has 0 radical (unpaired) electrons. The van der Waals surface area contributed by atoms with Crippen LogP contribution >= 0.6 is 0 Å². The van der Waals surface area contributed by atoms with Gasteiger partial charge in [-0.15, -0.1) is 0 Å². The van der Waals surface area contributed by atoms with Gasteiger partial charge in [0.2, 0.25) is 0 Å². The minimum atomic E-state index is -0.383. The summed E-state index contributed by atoms with van der Waals surface area (Å²) >= 11 is 0. The Labute approximate surface area is 134 Å². The van der Waals surface area contributed by atoms with Crippen LogP contribution in [0.2, 0.25) is 0 Å². The van der Waals surface area contributed by atoms with Crippen LogP contribution in [0.15, 0.2) is 42.5 Å². The van der Waals surface area contributed by atoms with Gasteiger partial charge in [0.1, 0.15) is 0 Å². The molecule has 0 atom stereocenters. The summed E-state index contributed by atoms with van der Waals surface area (Å²) in [5, 5.41) is 14.1. The third-order valence-electron chi connectivity index (χ3n) is 3.62. The second-order valence-electron chi connectivity index (χ2n) is 5.33. The Morgan fingerprint density at radius 3 is 2.78 bits per heavy atom. The first-order valence-corrected chi connectivity index (χ1v) is 7.55. The minimum Gasteiger partial charge on any atom is -0.490 e. The van der Waals surface area contributed by atoms with Crippen molar-refractivity contribution in [1.29, 1.82) is 0 Å². The van der Waals surface area contributed by atoms with Crippen molar-refractivity contribution in [2.24, 2.45) is 0 Å². The number of hydrogen-bond donors (Lipinski definition) is 1. The number of nitrogens with one attached hydrogen (secondary N) is 1. The minimum absolute atomic E-state index is 0.106. The van der Waals surface area contributed by atoms with Crippen LogP contribution in [-0.4, -0.2) is 18.1 Å². The fraction of sp³-hybridized carbons (Fsp3) is 0.294. The number of nitro benzene ring substituents is 1. The molecule has 0 aromatic heterocycles. The maximum Gasteiger partial charge on any atom is 0.269 e. The van der Waals surface area contributed by atoms with Crippen LogP contribution in [0, 0.1) is 10.1 Å². The van der Waals surface area contributed by atoms with Crippen molar-refractivity contribution in [3.63, 3.8) is 0 Å². The van der Waals surface area contributed by atoms with Crippen LogP contribution in [0.5, 0.6) is 11.5 Å². The average Bonchev–Trinajstić information content (AvgIpc) is 2.81. The zero-order valence-electron chi connectivity index (χ0n) is 12.7. The molecule has 6 heteroatoms. The first kappa shape index (κ1) is 15.3. The molecule has 0 amide bonds. The molecule has 0 fully saturated rings. The lowest BCUT2D eigenvalue weighted by atomic mass is 10.1. The molecule has 1 N–H and O–H groups in total. The monoisotopic (exact) mass is 314 g/mol. The van der Waals surface area contributed by atoms with Crippen LogP contribution in [-0.2, 0) is 13.1 Å². The SMILES string of the molecule is O=[N+]([O-])c1cccc(CNCc2cccc3c2OCCCO3)c1. The van der Waals surface area contributed by atoms with E-state index in [-0.39, 0.29) is 10.6 Å². The highest BCUT2D eigenvalue weighted by Gasteiger charge is 2.14. The summed E-state index contributed by atoms with van der Waals surface area (Å²) in [6, 6.07) is 12.5. The molecule has 3 rings (SSSR count). The number of non-ortho nitro benzene ring substituents is 1. The van der Waals surface area contributed by atoms with Gasteiger partial charge in [0.05, 0.1) is 18.1 Å². The van der Waals surface area contributed by atoms with E-state index in [0.29, 0.717) is 26.3 Å². The van der Waals surface area contributed by atoms with Crippen molar-refractivity contribution < 1.29 is 14.4 Å². The van der Waals surface area contributed by atoms with Gasteiger partial charge in [-0.3, -0.25) is 10.1 Å². The Hall–Kier alpha value is -2.60. The first-order valence-electron chi connectivity index (χ1n) is 7.55. The molecule has 0 saturated heterocycles. The lowest BCUT2D eigenvalue weighted by Gasteiger charge is -2.13. The molecule has 1 heterocycles. The van der Waals surface area contributed by atoms with Gasteiger partial charge in [-0.1, -0.05) is 24.3 Å². The number of benzene rings is 2. The van der Waals surface area contributed by atoms with Crippen molar-refractivity contribution in [2.45, 2.75) is 19.5 Å². The number of para-hydroxylation sites is 1. The first-order chi connectivity index (χ1) is 11.2. The average molecular weight is 314 g/mol. The molecule has 2 aromatic carbocycles. The number of rotatable bonds is 5. The summed E-state index contributed by atoms with van der Waals surface area (Å²) in [5.74, 6) is 1.56. The van der Waals surface area contributed by atoms with E-state index >= 15 is 0 Å². The third-order valence-corrected chi connectivity index (χ3v) is 3.62. The van der Waals surface area contributed by atoms with Crippen molar-refractivity contribution >= 4 is 5.69 Å². The number of ether oxygens (including phenoxy) is 2. The predicted octanol–water partition coefficient (Wildman–Crippen LogP) is 3.05. The molecule has 2 aromatic rings. The number of nitrogens with zero attached hydrogens (tertiary/aromatic N) is 1. The molecule has 0 bridgehead atoms. The Kier molecular flexibility index (Phi) is 4.73. The quantitative estimate of drug-likeness (QED) is 0.678. The molecular weight excluding hydrogens is 296 g/mol. The third kappa shape index (κ3) is 3.78. The standard InChI is InChI=1S/C17H18N2O4/c20-19(21)15-6-1-4-13(10-15)11-18-12-14-5-2-7-16-17(14)23-9-3-8-22-16/h1-2,4-7,10,18H,3,8-9,11-12H2. The van der Waals surface area contributed by atoms with E-state index < -0.39 is 0 Å². The van der Waals surface area contributed by atoms with Crippen LogP contribution in [0.4, 0.5) is 5.69 Å². The van der Waals surface area contributed by atoms with Crippen molar-refractivity contribution in [3.05, 3.63) is 63.7 Å². The van der Waals surface area contributed by atoms with Crippen LogP contribution in [0.1, 0.15) is 17.5 Å². The zero-order valence-corrected chi connectivity index (χ0v) is 12.7. The molecule has 1 aliphatic rings. The lowest BCUT2D eigenvalue weighted by molar-refractivity contribution is -0.384. The van der Waals surface area contributed by atoms with Crippen LogP contribution in [0.25, 0.3) is 0 Å². The van der Waals surface area contributed by atoms with Gasteiger partial charge in [-0.25, -0.2) is 0 Å². The zero-order chi connectivity index (χ0) is 16.1. The summed E-state index contributed by atoms with van der Waals surface area (Å²) in [6.45, 7) is 2.47. The Balaban J connectivity index is 1.65. The molecule has 23 heavy (non-hydrogen) atoms. The smallest absolute Gasteiger partial charge is 0.269 e. The highest BCUT2D eigenvalue weighted by Crippen LogP contribution is 2.33. The largest absolute Gasteiger partial charge is 0.490 e. The molecule has 0 aliphatic carbocycles. The van der Waals surface area contributed by atoms with E-state index in [1.807, 2.05) is 24.3 Å². The molecule has 0 spiro atoms. The highest BCUT2D eigenvalue weighted by molar-refractivity contribution is 5.47. The number of nitro groups is 1. The molecule has 120 valence electrons. The normalized spacial score (nSPS) is 13.4. The maximum absolute atomic E-state index is 10.8.